The second kappa shape index (κ2) is 5.29. The van der Waals surface area contributed by atoms with Crippen LogP contribution in [-0.2, 0) is 14.3 Å². The third-order valence-electron chi connectivity index (χ3n) is 2.44. The van der Waals surface area contributed by atoms with E-state index >= 15 is 0 Å². The molecule has 0 aromatic rings. The van der Waals surface area contributed by atoms with Crippen molar-refractivity contribution in [1.82, 2.24) is 9.80 Å². The van der Waals surface area contributed by atoms with Gasteiger partial charge in [0.15, 0.2) is 0 Å². The van der Waals surface area contributed by atoms with Crippen LogP contribution in [0.15, 0.2) is 0 Å². The highest BCUT2D eigenvalue weighted by atomic mass is 16.7. The maximum Gasteiger partial charge on any atom is 0.279 e. The van der Waals surface area contributed by atoms with Gasteiger partial charge in [-0.3, -0.25) is 4.79 Å². The summed E-state index contributed by atoms with van der Waals surface area (Å²) in [6.45, 7) is 3.31. The number of ether oxygens (including phenoxy) is 2. The van der Waals surface area contributed by atoms with Crippen LogP contribution in [0.3, 0.4) is 0 Å². The number of piperazine rings is 1. The van der Waals surface area contributed by atoms with Crippen LogP contribution in [0.4, 0.5) is 0 Å². The van der Waals surface area contributed by atoms with Crippen LogP contribution in [0.1, 0.15) is 0 Å². The third-order valence-corrected chi connectivity index (χ3v) is 2.44. The molecule has 0 aromatic carbocycles. The van der Waals surface area contributed by atoms with E-state index in [1.54, 1.807) is 4.90 Å². The van der Waals surface area contributed by atoms with Crippen LogP contribution in [-0.4, -0.2) is 69.4 Å². The quantitative estimate of drug-likeness (QED) is 0.572. The molecular weight excluding hydrogens is 184 g/mol. The van der Waals surface area contributed by atoms with E-state index in [1.807, 2.05) is 7.05 Å². The average molecular weight is 202 g/mol. The summed E-state index contributed by atoms with van der Waals surface area (Å²) in [5.41, 5.74) is 0. The van der Waals surface area contributed by atoms with Gasteiger partial charge < -0.3 is 19.3 Å². The van der Waals surface area contributed by atoms with E-state index in [9.17, 15) is 4.79 Å². The van der Waals surface area contributed by atoms with Gasteiger partial charge in [-0.05, 0) is 7.05 Å². The van der Waals surface area contributed by atoms with Gasteiger partial charge in [0.05, 0.1) is 0 Å². The molecule has 5 nitrogen and oxygen atoms in total. The van der Waals surface area contributed by atoms with Gasteiger partial charge in [-0.25, -0.2) is 0 Å². The zero-order chi connectivity index (χ0) is 10.6. The average Bonchev–Trinajstić information content (AvgIpc) is 2.20. The smallest absolute Gasteiger partial charge is 0.279 e. The van der Waals surface area contributed by atoms with Gasteiger partial charge in [-0.15, -0.1) is 0 Å². The second-order valence-corrected chi connectivity index (χ2v) is 3.43. The Morgan fingerprint density at radius 3 is 2.07 bits per heavy atom. The molecule has 14 heavy (non-hydrogen) atoms. The number of nitrogens with zero attached hydrogens (tertiary/aromatic N) is 2. The summed E-state index contributed by atoms with van der Waals surface area (Å²) in [5.74, 6) is -0.0805. The Balaban J connectivity index is 2.44. The monoisotopic (exact) mass is 202 g/mol. The van der Waals surface area contributed by atoms with Crippen molar-refractivity contribution in [2.45, 2.75) is 6.29 Å². The molecule has 0 bridgehead atoms. The Bertz CT molecular complexity index is 186. The molecule has 1 aliphatic rings. The fourth-order valence-corrected chi connectivity index (χ4v) is 1.47. The SMILES string of the molecule is COC(OC)C(=O)N1CCN(C)CC1. The fraction of sp³-hybridized carbons (Fsp3) is 0.889. The zero-order valence-corrected chi connectivity index (χ0v) is 9.02. The van der Waals surface area contributed by atoms with E-state index in [0.717, 1.165) is 26.2 Å². The summed E-state index contributed by atoms with van der Waals surface area (Å²) in [6.07, 6.45) is -0.751. The number of rotatable bonds is 3. The molecule has 0 spiro atoms. The molecule has 1 saturated heterocycles. The predicted octanol–water partition coefficient (Wildman–Crippen LogP) is -0.621. The molecule has 0 radical (unpaired) electrons. The Labute approximate surface area is 84.6 Å². The normalized spacial score (nSPS) is 19.0. The van der Waals surface area contributed by atoms with Crippen LogP contribution in [0, 0.1) is 0 Å². The van der Waals surface area contributed by atoms with E-state index in [4.69, 9.17) is 9.47 Å². The number of likely N-dealkylation sites (N-methyl/N-ethyl adjacent to an activating group) is 1. The Kier molecular flexibility index (Phi) is 4.31. The number of hydrogen-bond acceptors (Lipinski definition) is 4. The highest BCUT2D eigenvalue weighted by Crippen LogP contribution is 2.04. The molecule has 82 valence electrons. The lowest BCUT2D eigenvalue weighted by Crippen LogP contribution is -2.51. The van der Waals surface area contributed by atoms with Crippen molar-refractivity contribution in [2.75, 3.05) is 47.4 Å². The van der Waals surface area contributed by atoms with Gasteiger partial charge in [0.1, 0.15) is 0 Å². The minimum atomic E-state index is -0.751. The highest BCUT2D eigenvalue weighted by molar-refractivity contribution is 5.79. The third kappa shape index (κ3) is 2.67. The van der Waals surface area contributed by atoms with Crippen LogP contribution < -0.4 is 0 Å². The lowest BCUT2D eigenvalue weighted by molar-refractivity contribution is -0.171. The first-order valence-corrected chi connectivity index (χ1v) is 4.72. The number of methoxy groups -OCH3 is 2. The predicted molar refractivity (Wildman–Crippen MR) is 51.9 cm³/mol. The zero-order valence-electron chi connectivity index (χ0n) is 9.02. The summed E-state index contributed by atoms with van der Waals surface area (Å²) in [5, 5.41) is 0. The van der Waals surface area contributed by atoms with E-state index in [-0.39, 0.29) is 5.91 Å². The molecule has 0 aromatic heterocycles. The van der Waals surface area contributed by atoms with Gasteiger partial charge >= 0.3 is 0 Å². The van der Waals surface area contributed by atoms with E-state index < -0.39 is 6.29 Å². The largest absolute Gasteiger partial charge is 0.348 e. The molecule has 1 rings (SSSR count). The van der Waals surface area contributed by atoms with Gasteiger partial charge in [-0.2, -0.15) is 0 Å². The molecule has 1 fully saturated rings. The molecule has 0 aliphatic carbocycles. The van der Waals surface area contributed by atoms with Crippen molar-refractivity contribution in [3.8, 4) is 0 Å². The molecule has 1 aliphatic heterocycles. The van der Waals surface area contributed by atoms with Gasteiger partial charge in [0, 0.05) is 40.4 Å². The first kappa shape index (κ1) is 11.4. The lowest BCUT2D eigenvalue weighted by atomic mass is 10.3. The second-order valence-electron chi connectivity index (χ2n) is 3.43. The van der Waals surface area contributed by atoms with Crippen molar-refractivity contribution < 1.29 is 14.3 Å². The topological polar surface area (TPSA) is 42.0 Å². The first-order chi connectivity index (χ1) is 6.69. The molecular formula is C9H18N2O3. The van der Waals surface area contributed by atoms with Crippen molar-refractivity contribution in [3.05, 3.63) is 0 Å². The highest BCUT2D eigenvalue weighted by Gasteiger charge is 2.26. The Morgan fingerprint density at radius 2 is 1.64 bits per heavy atom. The minimum Gasteiger partial charge on any atom is -0.348 e. The van der Waals surface area contributed by atoms with E-state index in [2.05, 4.69) is 4.90 Å². The summed E-state index contributed by atoms with van der Waals surface area (Å²) in [6, 6.07) is 0. The first-order valence-electron chi connectivity index (χ1n) is 4.72. The summed E-state index contributed by atoms with van der Waals surface area (Å²) in [7, 11) is 5.00. The van der Waals surface area contributed by atoms with Crippen molar-refractivity contribution in [2.24, 2.45) is 0 Å². The standard InChI is InChI=1S/C9H18N2O3/c1-10-4-6-11(7-5-10)8(12)9(13-2)14-3/h9H,4-7H2,1-3H3. The summed E-state index contributed by atoms with van der Waals surface area (Å²) < 4.78 is 9.83. The molecule has 1 heterocycles. The van der Waals surface area contributed by atoms with Crippen LogP contribution in [0.25, 0.3) is 0 Å². The molecule has 1 amide bonds. The molecule has 0 saturated carbocycles. The fourth-order valence-electron chi connectivity index (χ4n) is 1.47. The molecule has 0 N–H and O–H groups in total. The van der Waals surface area contributed by atoms with E-state index in [0.29, 0.717) is 0 Å². The van der Waals surface area contributed by atoms with Gasteiger partial charge in [0.2, 0.25) is 6.29 Å². The van der Waals surface area contributed by atoms with Crippen molar-refractivity contribution in [3.63, 3.8) is 0 Å². The molecule has 0 unspecified atom stereocenters. The number of hydrogen-bond donors (Lipinski definition) is 0. The van der Waals surface area contributed by atoms with Crippen molar-refractivity contribution >= 4 is 5.91 Å². The Morgan fingerprint density at radius 1 is 1.14 bits per heavy atom. The summed E-state index contributed by atoms with van der Waals surface area (Å²) in [4.78, 5) is 15.7. The van der Waals surface area contributed by atoms with Crippen molar-refractivity contribution in [1.29, 1.82) is 0 Å². The lowest BCUT2D eigenvalue weighted by Gasteiger charge is -2.33. The van der Waals surface area contributed by atoms with E-state index in [1.165, 1.54) is 14.2 Å². The van der Waals surface area contributed by atoms with Crippen LogP contribution in [0.2, 0.25) is 0 Å². The molecule has 0 atom stereocenters. The number of carbonyl (C=O) groups is 1. The number of carbonyl (C=O) groups excluding carboxylic acids is 1. The van der Waals surface area contributed by atoms with Gasteiger partial charge in [0.25, 0.3) is 5.91 Å². The van der Waals surface area contributed by atoms with Crippen LogP contribution >= 0.6 is 0 Å². The number of amides is 1. The maximum absolute atomic E-state index is 11.7. The maximum atomic E-state index is 11.7. The minimum absolute atomic E-state index is 0.0805. The summed E-state index contributed by atoms with van der Waals surface area (Å²) >= 11 is 0. The Hall–Kier alpha value is -0.650. The molecule has 5 heteroatoms. The van der Waals surface area contributed by atoms with Gasteiger partial charge in [-0.1, -0.05) is 0 Å². The van der Waals surface area contributed by atoms with Crippen LogP contribution in [0.5, 0.6) is 0 Å².